The first-order valence-electron chi connectivity index (χ1n) is 9.88. The summed E-state index contributed by atoms with van der Waals surface area (Å²) in [6.45, 7) is 0.270. The van der Waals surface area contributed by atoms with Gasteiger partial charge in [0.05, 0.1) is 23.1 Å². The summed E-state index contributed by atoms with van der Waals surface area (Å²) in [7, 11) is -2.50. The number of hydrogen-bond acceptors (Lipinski definition) is 5. The Morgan fingerprint density at radius 2 is 1.59 bits per heavy atom. The highest BCUT2D eigenvalue weighted by atomic mass is 32.2. The van der Waals surface area contributed by atoms with Crippen molar-refractivity contribution in [2.45, 2.75) is 18.0 Å². The van der Waals surface area contributed by atoms with E-state index in [1.54, 1.807) is 0 Å². The Morgan fingerprint density at radius 1 is 0.969 bits per heavy atom. The third-order valence-corrected chi connectivity index (χ3v) is 6.61. The number of sulfonamides is 1. The first-order chi connectivity index (χ1) is 15.4. The number of rotatable bonds is 9. The van der Waals surface area contributed by atoms with Crippen molar-refractivity contribution in [1.29, 1.82) is 5.26 Å². The lowest BCUT2D eigenvalue weighted by molar-refractivity contribution is -0.121. The summed E-state index contributed by atoms with van der Waals surface area (Å²) in [4.78, 5) is 12.4. The second-order valence-corrected chi connectivity index (χ2v) is 9.09. The zero-order valence-electron chi connectivity index (χ0n) is 17.6. The molecule has 0 saturated heterocycles. The molecule has 1 N–H and O–H groups in total. The third kappa shape index (κ3) is 5.94. The van der Waals surface area contributed by atoms with Crippen molar-refractivity contribution in [3.8, 4) is 11.8 Å². The van der Waals surface area contributed by atoms with E-state index in [9.17, 15) is 13.2 Å². The van der Waals surface area contributed by atoms with Crippen LogP contribution in [0, 0.1) is 11.3 Å². The minimum absolute atomic E-state index is 0.0233. The van der Waals surface area contributed by atoms with E-state index in [1.807, 2.05) is 60.7 Å². The van der Waals surface area contributed by atoms with Crippen LogP contribution in [0.3, 0.4) is 0 Å². The van der Waals surface area contributed by atoms with Crippen LogP contribution in [0.2, 0.25) is 0 Å². The second kappa shape index (κ2) is 10.6. The molecule has 0 saturated carbocycles. The van der Waals surface area contributed by atoms with Crippen LogP contribution in [0.15, 0.2) is 83.8 Å². The van der Waals surface area contributed by atoms with Gasteiger partial charge in [0.25, 0.3) is 0 Å². The molecule has 3 aromatic rings. The van der Waals surface area contributed by atoms with E-state index < -0.39 is 15.9 Å². The fourth-order valence-corrected chi connectivity index (χ4v) is 4.09. The molecule has 32 heavy (non-hydrogen) atoms. The average Bonchev–Trinajstić information content (AvgIpc) is 2.82. The van der Waals surface area contributed by atoms with Crippen LogP contribution in [0.5, 0.6) is 5.75 Å². The predicted octanol–water partition coefficient (Wildman–Crippen LogP) is 3.07. The molecule has 3 aromatic carbocycles. The second-order valence-electron chi connectivity index (χ2n) is 7.04. The van der Waals surface area contributed by atoms with Gasteiger partial charge < -0.3 is 10.1 Å². The van der Waals surface area contributed by atoms with Gasteiger partial charge in [0.1, 0.15) is 12.4 Å². The SMILES string of the molecule is CN(CC(=O)NCc1ccccc1COc1ccccc1)S(=O)(=O)c1ccc(C#N)cc1. The molecule has 164 valence electrons. The smallest absolute Gasteiger partial charge is 0.243 e. The van der Waals surface area contributed by atoms with E-state index >= 15 is 0 Å². The molecule has 0 spiro atoms. The standard InChI is InChI=1S/C24H23N3O4S/c1-27(32(29,30)23-13-11-19(15-25)12-14-23)17-24(28)26-16-20-7-5-6-8-21(20)18-31-22-9-3-2-4-10-22/h2-14H,16-18H2,1H3,(H,26,28). The minimum Gasteiger partial charge on any atom is -0.489 e. The maximum Gasteiger partial charge on any atom is 0.243 e. The lowest BCUT2D eigenvalue weighted by atomic mass is 10.1. The van der Waals surface area contributed by atoms with Crippen LogP contribution in [0.4, 0.5) is 0 Å². The summed E-state index contributed by atoms with van der Waals surface area (Å²) in [5.74, 6) is 0.324. The van der Waals surface area contributed by atoms with Gasteiger partial charge in [-0.3, -0.25) is 4.79 Å². The van der Waals surface area contributed by atoms with Crippen molar-refractivity contribution in [1.82, 2.24) is 9.62 Å². The Hall–Kier alpha value is -3.67. The number of amides is 1. The molecular formula is C24H23N3O4S. The first-order valence-corrected chi connectivity index (χ1v) is 11.3. The number of likely N-dealkylation sites (N-methyl/N-ethyl adjacent to an activating group) is 1. The average molecular weight is 450 g/mol. The van der Waals surface area contributed by atoms with Crippen LogP contribution in [-0.4, -0.2) is 32.2 Å². The van der Waals surface area contributed by atoms with Gasteiger partial charge in [-0.25, -0.2) is 8.42 Å². The summed E-state index contributed by atoms with van der Waals surface area (Å²) in [5, 5.41) is 11.6. The van der Waals surface area contributed by atoms with Crippen LogP contribution >= 0.6 is 0 Å². The lowest BCUT2D eigenvalue weighted by Gasteiger charge is -2.17. The fourth-order valence-electron chi connectivity index (χ4n) is 2.97. The largest absolute Gasteiger partial charge is 0.489 e. The predicted molar refractivity (Wildman–Crippen MR) is 120 cm³/mol. The number of nitriles is 1. The fraction of sp³-hybridized carbons (Fsp3) is 0.167. The Bertz CT molecular complexity index is 1200. The van der Waals surface area contributed by atoms with Gasteiger partial charge in [-0.1, -0.05) is 42.5 Å². The van der Waals surface area contributed by atoms with Gasteiger partial charge in [0.2, 0.25) is 15.9 Å². The maximum atomic E-state index is 12.7. The molecule has 0 aromatic heterocycles. The van der Waals surface area contributed by atoms with E-state index in [0.717, 1.165) is 21.2 Å². The van der Waals surface area contributed by atoms with Crippen molar-refractivity contribution in [3.05, 3.63) is 95.6 Å². The number of carbonyl (C=O) groups excluding carboxylic acids is 1. The minimum atomic E-state index is -3.85. The number of para-hydroxylation sites is 1. The zero-order valence-corrected chi connectivity index (χ0v) is 18.4. The summed E-state index contributed by atoms with van der Waals surface area (Å²) >= 11 is 0. The summed E-state index contributed by atoms with van der Waals surface area (Å²) in [6.07, 6.45) is 0. The molecule has 3 rings (SSSR count). The summed E-state index contributed by atoms with van der Waals surface area (Å²) < 4.78 is 32.1. The molecule has 0 aliphatic rings. The topological polar surface area (TPSA) is 99.5 Å². The summed E-state index contributed by atoms with van der Waals surface area (Å²) in [6, 6.07) is 24.5. The van der Waals surface area contributed by atoms with Crippen molar-refractivity contribution in [3.63, 3.8) is 0 Å². The highest BCUT2D eigenvalue weighted by Gasteiger charge is 2.23. The van der Waals surface area contributed by atoms with Crippen LogP contribution in [-0.2, 0) is 28.0 Å². The Balaban J connectivity index is 1.58. The Morgan fingerprint density at radius 3 is 2.25 bits per heavy atom. The molecule has 0 aliphatic carbocycles. The highest BCUT2D eigenvalue weighted by molar-refractivity contribution is 7.89. The molecule has 0 fully saturated rings. The van der Waals surface area contributed by atoms with E-state index in [4.69, 9.17) is 10.00 Å². The van der Waals surface area contributed by atoms with E-state index in [-0.39, 0.29) is 18.0 Å². The normalized spacial score (nSPS) is 11.0. The number of benzene rings is 3. The first kappa shape index (κ1) is 23.0. The van der Waals surface area contributed by atoms with E-state index in [1.165, 1.54) is 31.3 Å². The van der Waals surface area contributed by atoms with E-state index in [2.05, 4.69) is 5.32 Å². The molecule has 0 atom stereocenters. The van der Waals surface area contributed by atoms with Gasteiger partial charge in [0, 0.05) is 13.6 Å². The number of ether oxygens (including phenoxy) is 1. The molecule has 1 amide bonds. The van der Waals surface area contributed by atoms with Gasteiger partial charge in [-0.2, -0.15) is 9.57 Å². The molecule has 0 radical (unpaired) electrons. The van der Waals surface area contributed by atoms with Gasteiger partial charge in [-0.05, 0) is 47.5 Å². The zero-order chi connectivity index (χ0) is 23.0. The molecule has 0 heterocycles. The number of nitrogens with one attached hydrogen (secondary N) is 1. The van der Waals surface area contributed by atoms with Crippen molar-refractivity contribution < 1.29 is 17.9 Å². The van der Waals surface area contributed by atoms with Gasteiger partial charge in [0.15, 0.2) is 0 Å². The van der Waals surface area contributed by atoms with Crippen molar-refractivity contribution >= 4 is 15.9 Å². The molecule has 0 unspecified atom stereocenters. The Labute approximate surface area is 187 Å². The molecule has 0 bridgehead atoms. The third-order valence-electron chi connectivity index (χ3n) is 4.79. The van der Waals surface area contributed by atoms with Gasteiger partial charge in [-0.15, -0.1) is 0 Å². The van der Waals surface area contributed by atoms with Crippen LogP contribution in [0.25, 0.3) is 0 Å². The number of hydrogen-bond donors (Lipinski definition) is 1. The maximum absolute atomic E-state index is 12.7. The van der Waals surface area contributed by atoms with Crippen molar-refractivity contribution in [2.24, 2.45) is 0 Å². The van der Waals surface area contributed by atoms with E-state index in [0.29, 0.717) is 12.2 Å². The Kier molecular flexibility index (Phi) is 7.60. The van der Waals surface area contributed by atoms with Gasteiger partial charge >= 0.3 is 0 Å². The van der Waals surface area contributed by atoms with Crippen LogP contribution in [0.1, 0.15) is 16.7 Å². The molecule has 0 aliphatic heterocycles. The quantitative estimate of drug-likeness (QED) is 0.541. The lowest BCUT2D eigenvalue weighted by Crippen LogP contribution is -2.38. The molecular weight excluding hydrogens is 426 g/mol. The number of nitrogens with zero attached hydrogens (tertiary/aromatic N) is 2. The number of carbonyl (C=O) groups is 1. The molecule has 8 heteroatoms. The monoisotopic (exact) mass is 449 g/mol. The molecule has 7 nitrogen and oxygen atoms in total. The summed E-state index contributed by atoms with van der Waals surface area (Å²) in [5.41, 5.74) is 2.17. The van der Waals surface area contributed by atoms with Crippen LogP contribution < -0.4 is 10.1 Å². The van der Waals surface area contributed by atoms with Crippen molar-refractivity contribution in [2.75, 3.05) is 13.6 Å². The highest BCUT2D eigenvalue weighted by Crippen LogP contribution is 2.16.